The highest BCUT2D eigenvalue weighted by atomic mass is 16.5. The van der Waals surface area contributed by atoms with Crippen molar-refractivity contribution in [3.05, 3.63) is 69.7 Å². The first-order valence-electron chi connectivity index (χ1n) is 9.62. The average molecular weight is 406 g/mol. The molecular weight excluding hydrogens is 384 g/mol. The highest BCUT2D eigenvalue weighted by Gasteiger charge is 2.15. The first-order chi connectivity index (χ1) is 14.5. The van der Waals surface area contributed by atoms with Crippen molar-refractivity contribution in [1.29, 1.82) is 0 Å². The molecule has 0 aliphatic heterocycles. The predicted octanol–water partition coefficient (Wildman–Crippen LogP) is 3.20. The Morgan fingerprint density at radius 2 is 2.00 bits per heavy atom. The number of rotatable bonds is 6. The molecule has 3 N–H and O–H groups in total. The van der Waals surface area contributed by atoms with Gasteiger partial charge in [-0.25, -0.2) is 4.79 Å². The summed E-state index contributed by atoms with van der Waals surface area (Å²) in [5, 5.41) is 14.2. The largest absolute Gasteiger partial charge is 0.508 e. The zero-order valence-electron chi connectivity index (χ0n) is 16.7. The number of hydrogen-bond donors (Lipinski definition) is 3. The molecule has 154 valence electrons. The molecule has 0 spiro atoms. The van der Waals surface area contributed by atoms with Gasteiger partial charge in [0.15, 0.2) is 0 Å². The van der Waals surface area contributed by atoms with Crippen LogP contribution in [0.25, 0.3) is 21.9 Å². The molecule has 4 aromatic rings. The highest BCUT2D eigenvalue weighted by molar-refractivity contribution is 5.86. The number of carbonyl (C=O) groups is 1. The van der Waals surface area contributed by atoms with Gasteiger partial charge < -0.3 is 24.6 Å². The third-order valence-corrected chi connectivity index (χ3v) is 5.30. The van der Waals surface area contributed by atoms with E-state index in [1.54, 1.807) is 20.1 Å². The van der Waals surface area contributed by atoms with E-state index in [1.807, 2.05) is 24.4 Å². The monoisotopic (exact) mass is 406 g/mol. The molecule has 4 rings (SSSR count). The molecule has 0 saturated heterocycles. The van der Waals surface area contributed by atoms with E-state index in [0.717, 1.165) is 22.2 Å². The maximum Gasteiger partial charge on any atom is 0.340 e. The molecule has 0 aliphatic carbocycles. The molecule has 0 aliphatic rings. The average Bonchev–Trinajstić information content (AvgIpc) is 3.13. The van der Waals surface area contributed by atoms with E-state index >= 15 is 0 Å². The smallest absolute Gasteiger partial charge is 0.340 e. The van der Waals surface area contributed by atoms with Gasteiger partial charge >= 0.3 is 5.63 Å². The van der Waals surface area contributed by atoms with Gasteiger partial charge in [-0.15, -0.1) is 0 Å². The third-order valence-electron chi connectivity index (χ3n) is 5.30. The van der Waals surface area contributed by atoms with Crippen molar-refractivity contribution in [2.24, 2.45) is 0 Å². The molecule has 7 heteroatoms. The van der Waals surface area contributed by atoms with Gasteiger partial charge in [-0.3, -0.25) is 4.79 Å². The lowest BCUT2D eigenvalue weighted by Crippen LogP contribution is -2.29. The summed E-state index contributed by atoms with van der Waals surface area (Å²) >= 11 is 0. The van der Waals surface area contributed by atoms with E-state index in [1.165, 1.54) is 12.1 Å². The van der Waals surface area contributed by atoms with Gasteiger partial charge in [0.25, 0.3) is 0 Å². The van der Waals surface area contributed by atoms with Crippen LogP contribution < -0.4 is 15.7 Å². The minimum absolute atomic E-state index is 0.0197. The third kappa shape index (κ3) is 3.74. The van der Waals surface area contributed by atoms with E-state index in [-0.39, 0.29) is 18.1 Å². The Morgan fingerprint density at radius 1 is 1.20 bits per heavy atom. The second-order valence-corrected chi connectivity index (χ2v) is 7.18. The molecule has 0 unspecified atom stereocenters. The number of fused-ring (bicyclic) bond motifs is 2. The summed E-state index contributed by atoms with van der Waals surface area (Å²) in [6.45, 7) is 2.22. The summed E-state index contributed by atoms with van der Waals surface area (Å²) in [6.07, 6.45) is 2.52. The van der Waals surface area contributed by atoms with Crippen LogP contribution in [0.4, 0.5) is 0 Å². The Hall–Kier alpha value is -3.74. The van der Waals surface area contributed by atoms with Crippen LogP contribution >= 0.6 is 0 Å². The zero-order valence-corrected chi connectivity index (χ0v) is 16.7. The topological polar surface area (TPSA) is 105 Å². The quantitative estimate of drug-likeness (QED) is 0.427. The van der Waals surface area contributed by atoms with Crippen LogP contribution in [0.2, 0.25) is 0 Å². The molecular formula is C23H22N2O5. The number of phenolic OH excluding ortho intramolecular Hbond substituents is 1. The molecule has 0 atom stereocenters. The molecule has 2 aromatic heterocycles. The van der Waals surface area contributed by atoms with Gasteiger partial charge in [-0.05, 0) is 48.7 Å². The molecule has 0 fully saturated rings. The minimum Gasteiger partial charge on any atom is -0.508 e. The molecule has 2 heterocycles. The Kier molecular flexibility index (Phi) is 5.18. The van der Waals surface area contributed by atoms with E-state index in [9.17, 15) is 14.7 Å². The van der Waals surface area contributed by atoms with E-state index in [4.69, 9.17) is 9.15 Å². The van der Waals surface area contributed by atoms with Crippen molar-refractivity contribution in [2.45, 2.75) is 19.8 Å². The van der Waals surface area contributed by atoms with Crippen molar-refractivity contribution in [1.82, 2.24) is 10.3 Å². The van der Waals surface area contributed by atoms with Crippen LogP contribution in [0.3, 0.4) is 0 Å². The summed E-state index contributed by atoms with van der Waals surface area (Å²) in [7, 11) is 1.63. The molecule has 1 amide bonds. The zero-order chi connectivity index (χ0) is 21.3. The summed E-state index contributed by atoms with van der Waals surface area (Å²) in [4.78, 5) is 28.0. The van der Waals surface area contributed by atoms with E-state index in [2.05, 4.69) is 10.3 Å². The van der Waals surface area contributed by atoms with Gasteiger partial charge in [-0.1, -0.05) is 0 Å². The lowest BCUT2D eigenvalue weighted by Gasteiger charge is -2.09. The number of aromatic hydroxyl groups is 1. The molecule has 0 saturated carbocycles. The molecule has 0 bridgehead atoms. The number of nitrogens with one attached hydrogen (secondary N) is 2. The number of methoxy groups -OCH3 is 1. The molecule has 30 heavy (non-hydrogen) atoms. The molecule has 7 nitrogen and oxygen atoms in total. The number of H-pyrrole nitrogens is 1. The van der Waals surface area contributed by atoms with Crippen LogP contribution in [-0.2, 0) is 17.6 Å². The summed E-state index contributed by atoms with van der Waals surface area (Å²) in [5.41, 5.74) is 2.82. The lowest BCUT2D eigenvalue weighted by molar-refractivity contribution is -0.120. The fourth-order valence-corrected chi connectivity index (χ4v) is 3.65. The van der Waals surface area contributed by atoms with Gasteiger partial charge in [0.1, 0.15) is 17.1 Å². The minimum atomic E-state index is -0.564. The SMILES string of the molecule is COc1ccc2c(CCNC(=O)Cc3c(C)c4ccc(O)cc4oc3=O)c[nH]c2c1. The number of aromatic amines is 1. The Balaban J connectivity index is 1.43. The first kappa shape index (κ1) is 19.6. The summed E-state index contributed by atoms with van der Waals surface area (Å²) in [5.74, 6) is 0.556. The number of amides is 1. The van der Waals surface area contributed by atoms with Crippen LogP contribution in [0.15, 0.2) is 51.8 Å². The normalized spacial score (nSPS) is 11.1. The number of benzene rings is 2. The van der Waals surface area contributed by atoms with Crippen LogP contribution in [0.1, 0.15) is 16.7 Å². The van der Waals surface area contributed by atoms with Gasteiger partial charge in [0.05, 0.1) is 19.1 Å². The molecule has 0 radical (unpaired) electrons. The number of hydrogen-bond acceptors (Lipinski definition) is 5. The van der Waals surface area contributed by atoms with Crippen LogP contribution in [-0.4, -0.2) is 29.7 Å². The van der Waals surface area contributed by atoms with Crippen LogP contribution in [0, 0.1) is 6.92 Å². The van der Waals surface area contributed by atoms with Crippen molar-refractivity contribution in [2.75, 3.05) is 13.7 Å². The number of carbonyl (C=O) groups excluding carboxylic acids is 1. The second-order valence-electron chi connectivity index (χ2n) is 7.18. The number of aryl methyl sites for hydroxylation is 1. The van der Waals surface area contributed by atoms with Crippen molar-refractivity contribution in [3.63, 3.8) is 0 Å². The lowest BCUT2D eigenvalue weighted by atomic mass is 10.0. The first-order valence-corrected chi connectivity index (χ1v) is 9.62. The number of phenols is 1. The fraction of sp³-hybridized carbons (Fsp3) is 0.217. The van der Waals surface area contributed by atoms with Crippen molar-refractivity contribution in [3.8, 4) is 11.5 Å². The van der Waals surface area contributed by atoms with Gasteiger partial charge in [-0.2, -0.15) is 0 Å². The van der Waals surface area contributed by atoms with E-state index < -0.39 is 5.63 Å². The highest BCUT2D eigenvalue weighted by Crippen LogP contribution is 2.24. The fourth-order valence-electron chi connectivity index (χ4n) is 3.65. The van der Waals surface area contributed by atoms with Gasteiger partial charge in [0, 0.05) is 41.2 Å². The Morgan fingerprint density at radius 3 is 2.80 bits per heavy atom. The molecule has 2 aromatic carbocycles. The van der Waals surface area contributed by atoms with Crippen LogP contribution in [0.5, 0.6) is 11.5 Å². The maximum atomic E-state index is 12.4. The Labute approximate surface area is 172 Å². The maximum absolute atomic E-state index is 12.4. The summed E-state index contributed by atoms with van der Waals surface area (Å²) < 4.78 is 10.5. The predicted molar refractivity (Wildman–Crippen MR) is 114 cm³/mol. The summed E-state index contributed by atoms with van der Waals surface area (Å²) in [6, 6.07) is 10.4. The number of aromatic nitrogens is 1. The Bertz CT molecular complexity index is 1300. The van der Waals surface area contributed by atoms with E-state index in [0.29, 0.717) is 35.1 Å². The number of ether oxygens (including phenoxy) is 1. The van der Waals surface area contributed by atoms with Crippen molar-refractivity contribution >= 4 is 27.8 Å². The standard InChI is InChI=1S/C23H22N2O5/c1-13-17-5-3-15(26)9-21(17)30-23(28)19(13)11-22(27)24-8-7-14-12-25-20-10-16(29-2)4-6-18(14)20/h3-6,9-10,12,25-26H,7-8,11H2,1-2H3,(H,24,27). The van der Waals surface area contributed by atoms with Crippen molar-refractivity contribution < 1.29 is 19.1 Å². The second kappa shape index (κ2) is 7.94. The van der Waals surface area contributed by atoms with Gasteiger partial charge in [0.2, 0.25) is 5.91 Å².